The van der Waals surface area contributed by atoms with Crippen molar-refractivity contribution in [1.29, 1.82) is 0 Å². The minimum absolute atomic E-state index is 0.356. The second kappa shape index (κ2) is 9.12. The number of hydrogen-bond acceptors (Lipinski definition) is 5. The molecule has 0 saturated heterocycles. The number of nitrogens with one attached hydrogen (secondary N) is 3. The van der Waals surface area contributed by atoms with Crippen LogP contribution in [0.5, 0.6) is 17.2 Å². The zero-order valence-corrected chi connectivity index (χ0v) is 18.8. The van der Waals surface area contributed by atoms with Crippen LogP contribution in [-0.2, 0) is 4.79 Å². The van der Waals surface area contributed by atoms with E-state index >= 15 is 0 Å². The lowest BCUT2D eigenvalue weighted by atomic mass is 9.90. The first-order valence-corrected chi connectivity index (χ1v) is 10.3. The summed E-state index contributed by atoms with van der Waals surface area (Å²) in [4.78, 5) is 26.0. The maximum atomic E-state index is 13.6. The number of ether oxygens (including phenoxy) is 3. The number of rotatable bonds is 6. The number of urea groups is 1. The van der Waals surface area contributed by atoms with Crippen LogP contribution in [0.2, 0.25) is 0 Å². The van der Waals surface area contributed by atoms with Crippen LogP contribution in [0.3, 0.4) is 0 Å². The molecule has 8 heteroatoms. The largest absolute Gasteiger partial charge is 0.497 e. The van der Waals surface area contributed by atoms with Gasteiger partial charge in [0.1, 0.15) is 17.2 Å². The second-order valence-electron chi connectivity index (χ2n) is 7.49. The number of allylic oxidation sites excluding steroid dienone is 1. The molecule has 3 N–H and O–H groups in total. The van der Waals surface area contributed by atoms with Crippen molar-refractivity contribution in [2.24, 2.45) is 0 Å². The minimum Gasteiger partial charge on any atom is -0.497 e. The topological polar surface area (TPSA) is 97.9 Å². The van der Waals surface area contributed by atoms with Gasteiger partial charge in [0.05, 0.1) is 38.6 Å². The van der Waals surface area contributed by atoms with Crippen molar-refractivity contribution in [1.82, 2.24) is 10.6 Å². The lowest BCUT2D eigenvalue weighted by molar-refractivity contribution is -0.113. The molecule has 8 nitrogen and oxygen atoms in total. The van der Waals surface area contributed by atoms with Gasteiger partial charge in [0, 0.05) is 17.3 Å². The molecule has 1 atom stereocenters. The Morgan fingerprint density at radius 1 is 0.939 bits per heavy atom. The van der Waals surface area contributed by atoms with Gasteiger partial charge in [0.25, 0.3) is 5.91 Å². The predicted molar refractivity (Wildman–Crippen MR) is 126 cm³/mol. The van der Waals surface area contributed by atoms with E-state index in [-0.39, 0.29) is 0 Å². The lowest BCUT2D eigenvalue weighted by Gasteiger charge is -2.30. The third-order valence-corrected chi connectivity index (χ3v) is 5.61. The summed E-state index contributed by atoms with van der Waals surface area (Å²) in [6, 6.07) is 15.5. The fourth-order valence-corrected chi connectivity index (χ4v) is 4.06. The molecule has 3 aromatic carbocycles. The summed E-state index contributed by atoms with van der Waals surface area (Å²) in [5.41, 5.74) is 1.95. The van der Waals surface area contributed by atoms with Gasteiger partial charge in [-0.3, -0.25) is 4.79 Å². The predicted octanol–water partition coefficient (Wildman–Crippen LogP) is 4.13. The van der Waals surface area contributed by atoms with Crippen molar-refractivity contribution in [3.8, 4) is 17.2 Å². The maximum absolute atomic E-state index is 13.6. The third kappa shape index (κ3) is 4.15. The Labute approximate surface area is 191 Å². The fourth-order valence-electron chi connectivity index (χ4n) is 4.06. The fraction of sp³-hybridized carbons (Fsp3) is 0.200. The number of carbonyl (C=O) groups excluding carboxylic acids is 2. The van der Waals surface area contributed by atoms with Gasteiger partial charge in [0.15, 0.2) is 0 Å². The van der Waals surface area contributed by atoms with Crippen molar-refractivity contribution in [2.75, 3.05) is 26.6 Å². The first-order valence-electron chi connectivity index (χ1n) is 10.3. The first-order chi connectivity index (χ1) is 16.0. The van der Waals surface area contributed by atoms with Crippen LogP contribution in [0.1, 0.15) is 18.5 Å². The van der Waals surface area contributed by atoms with Gasteiger partial charge in [-0.05, 0) is 35.9 Å². The number of anilines is 1. The van der Waals surface area contributed by atoms with Crippen molar-refractivity contribution in [3.63, 3.8) is 0 Å². The Hall–Kier alpha value is -4.20. The smallest absolute Gasteiger partial charge is 0.319 e. The number of methoxy groups -OCH3 is 3. The van der Waals surface area contributed by atoms with E-state index in [0.717, 1.165) is 10.8 Å². The molecule has 1 aliphatic rings. The zero-order valence-electron chi connectivity index (χ0n) is 18.8. The summed E-state index contributed by atoms with van der Waals surface area (Å²) >= 11 is 0. The van der Waals surface area contributed by atoms with Crippen LogP contribution < -0.4 is 30.2 Å². The molecule has 33 heavy (non-hydrogen) atoms. The van der Waals surface area contributed by atoms with Gasteiger partial charge in [-0.15, -0.1) is 0 Å². The molecule has 170 valence electrons. The van der Waals surface area contributed by atoms with Crippen molar-refractivity contribution < 1.29 is 23.8 Å². The Bertz CT molecular complexity index is 1270. The number of benzene rings is 3. The third-order valence-electron chi connectivity index (χ3n) is 5.61. The Kier molecular flexibility index (Phi) is 6.08. The van der Waals surface area contributed by atoms with E-state index < -0.39 is 18.0 Å². The van der Waals surface area contributed by atoms with Crippen LogP contribution in [0.4, 0.5) is 10.5 Å². The summed E-state index contributed by atoms with van der Waals surface area (Å²) in [6.07, 6.45) is 0. The maximum Gasteiger partial charge on any atom is 0.319 e. The zero-order chi connectivity index (χ0) is 23.5. The molecule has 1 aliphatic heterocycles. The average Bonchev–Trinajstić information content (AvgIpc) is 2.82. The monoisotopic (exact) mass is 447 g/mol. The molecule has 0 radical (unpaired) electrons. The van der Waals surface area contributed by atoms with E-state index in [1.54, 1.807) is 39.3 Å². The summed E-state index contributed by atoms with van der Waals surface area (Å²) in [7, 11) is 4.63. The van der Waals surface area contributed by atoms with E-state index in [9.17, 15) is 9.59 Å². The van der Waals surface area contributed by atoms with Crippen molar-refractivity contribution in [2.45, 2.75) is 13.0 Å². The molecule has 0 aromatic heterocycles. The molecule has 1 heterocycles. The molecule has 3 amide bonds. The standard InChI is InChI=1S/C25H25N3O5/c1-14-21(24(29)27-18-13-16(31-2)10-12-19(18)32-3)23(28-25(30)26-14)22-17-8-6-5-7-15(17)9-11-20(22)33-4/h5-13,23H,1-4H3,(H,27,29)(H2,26,28,30)/t23-/m0/s1. The van der Waals surface area contributed by atoms with E-state index in [0.29, 0.717) is 39.8 Å². The van der Waals surface area contributed by atoms with Gasteiger partial charge >= 0.3 is 6.03 Å². The normalized spacial score (nSPS) is 15.5. The van der Waals surface area contributed by atoms with Gasteiger partial charge in [-0.2, -0.15) is 0 Å². The second-order valence-corrected chi connectivity index (χ2v) is 7.49. The highest BCUT2D eigenvalue weighted by Crippen LogP contribution is 2.39. The number of fused-ring (bicyclic) bond motifs is 1. The minimum atomic E-state index is -0.739. The van der Waals surface area contributed by atoms with Crippen LogP contribution in [0, 0.1) is 0 Å². The molecule has 4 rings (SSSR count). The lowest BCUT2D eigenvalue weighted by Crippen LogP contribution is -2.46. The highest BCUT2D eigenvalue weighted by molar-refractivity contribution is 6.08. The number of hydrogen-bond donors (Lipinski definition) is 3. The molecule has 0 fully saturated rings. The van der Waals surface area contributed by atoms with Gasteiger partial charge in [-0.25, -0.2) is 4.79 Å². The highest BCUT2D eigenvalue weighted by Gasteiger charge is 2.34. The van der Waals surface area contributed by atoms with Gasteiger partial charge in [-0.1, -0.05) is 30.3 Å². The Morgan fingerprint density at radius 2 is 1.67 bits per heavy atom. The van der Waals surface area contributed by atoms with Crippen LogP contribution in [0.15, 0.2) is 65.9 Å². The summed E-state index contributed by atoms with van der Waals surface area (Å²) in [5, 5.41) is 10.3. The van der Waals surface area contributed by atoms with E-state index in [4.69, 9.17) is 14.2 Å². The Morgan fingerprint density at radius 3 is 2.39 bits per heavy atom. The summed E-state index contributed by atoms with van der Waals surface area (Å²) in [6.45, 7) is 1.70. The molecule has 3 aromatic rings. The molecule has 0 bridgehead atoms. The SMILES string of the molecule is COc1ccc(OC)c(NC(=O)C2=C(C)NC(=O)N[C@@H]2c2c(OC)ccc3ccccc23)c1. The average molecular weight is 447 g/mol. The molecule has 0 aliphatic carbocycles. The quantitative estimate of drug-likeness (QED) is 0.528. The highest BCUT2D eigenvalue weighted by atomic mass is 16.5. The van der Waals surface area contributed by atoms with Crippen LogP contribution in [-0.4, -0.2) is 33.3 Å². The first kappa shape index (κ1) is 22.0. The molecule has 0 unspecified atom stereocenters. The molecule has 0 saturated carbocycles. The van der Waals surface area contributed by atoms with Crippen LogP contribution >= 0.6 is 0 Å². The van der Waals surface area contributed by atoms with Crippen LogP contribution in [0.25, 0.3) is 10.8 Å². The molecular formula is C25H25N3O5. The van der Waals surface area contributed by atoms with Crippen molar-refractivity contribution in [3.05, 3.63) is 71.4 Å². The van der Waals surface area contributed by atoms with Crippen molar-refractivity contribution >= 4 is 28.4 Å². The Balaban J connectivity index is 1.83. The number of amides is 3. The number of carbonyl (C=O) groups is 2. The van der Waals surface area contributed by atoms with Gasteiger partial charge < -0.3 is 30.2 Å². The summed E-state index contributed by atoms with van der Waals surface area (Å²) in [5.74, 6) is 1.22. The molecule has 0 spiro atoms. The molecular weight excluding hydrogens is 422 g/mol. The van der Waals surface area contributed by atoms with E-state index in [2.05, 4.69) is 16.0 Å². The van der Waals surface area contributed by atoms with E-state index in [1.807, 2.05) is 36.4 Å². The van der Waals surface area contributed by atoms with E-state index in [1.165, 1.54) is 7.11 Å². The summed E-state index contributed by atoms with van der Waals surface area (Å²) < 4.78 is 16.3. The van der Waals surface area contributed by atoms with Gasteiger partial charge in [0.2, 0.25) is 0 Å².